The Labute approximate surface area is 91.9 Å². The number of benzene rings is 1. The van der Waals surface area contributed by atoms with E-state index in [2.05, 4.69) is 5.32 Å². The molecule has 0 unspecified atom stereocenters. The second-order valence-electron chi connectivity index (χ2n) is 3.37. The highest BCUT2D eigenvalue weighted by atomic mass is 19.1. The van der Waals surface area contributed by atoms with Crippen molar-refractivity contribution in [1.82, 2.24) is 0 Å². The molecule has 1 amide bonds. The lowest BCUT2D eigenvalue weighted by atomic mass is 10.3. The molecule has 0 aliphatic heterocycles. The number of carbonyl (C=O) groups is 1. The minimum atomic E-state index is -0.395. The molecule has 3 nitrogen and oxygen atoms in total. The molecule has 0 aliphatic rings. The van der Waals surface area contributed by atoms with Crippen LogP contribution in [0.3, 0.4) is 0 Å². The second-order valence-corrected chi connectivity index (χ2v) is 3.37. The second kappa shape index (κ2) is 4.18. The third-order valence-corrected chi connectivity index (χ3v) is 2.05. The van der Waals surface area contributed by atoms with Crippen LogP contribution in [-0.4, -0.2) is 5.91 Å². The van der Waals surface area contributed by atoms with Gasteiger partial charge in [0.15, 0.2) is 5.76 Å². The van der Waals surface area contributed by atoms with E-state index in [1.807, 2.05) is 0 Å². The highest BCUT2D eigenvalue weighted by Gasteiger charge is 2.09. The molecule has 0 atom stereocenters. The van der Waals surface area contributed by atoms with Crippen LogP contribution in [-0.2, 0) is 0 Å². The number of halogens is 1. The summed E-state index contributed by atoms with van der Waals surface area (Å²) in [5.41, 5.74) is 0.402. The first kappa shape index (κ1) is 10.4. The first-order valence-electron chi connectivity index (χ1n) is 4.78. The lowest BCUT2D eigenvalue weighted by Gasteiger charge is -2.02. The lowest BCUT2D eigenvalue weighted by molar-refractivity contribution is 0.0995. The third kappa shape index (κ3) is 2.28. The van der Waals surface area contributed by atoms with Crippen molar-refractivity contribution in [2.75, 3.05) is 5.32 Å². The van der Waals surface area contributed by atoms with Crippen molar-refractivity contribution in [3.8, 4) is 0 Å². The van der Waals surface area contributed by atoms with Crippen molar-refractivity contribution >= 4 is 11.6 Å². The summed E-state index contributed by atoms with van der Waals surface area (Å²) in [5, 5.41) is 2.54. The predicted octanol–water partition coefficient (Wildman–Crippen LogP) is 2.98. The van der Waals surface area contributed by atoms with Gasteiger partial charge in [-0.05, 0) is 37.3 Å². The number of nitrogens with one attached hydrogen (secondary N) is 1. The number of aryl methyl sites for hydroxylation is 1. The van der Waals surface area contributed by atoms with Crippen molar-refractivity contribution < 1.29 is 13.6 Å². The maximum atomic E-state index is 12.8. The number of rotatable bonds is 2. The van der Waals surface area contributed by atoms with Gasteiger partial charge in [0, 0.05) is 5.69 Å². The number of carbonyl (C=O) groups excluding carboxylic acids is 1. The van der Waals surface area contributed by atoms with Crippen molar-refractivity contribution in [1.29, 1.82) is 0 Å². The fourth-order valence-corrected chi connectivity index (χ4v) is 1.32. The topological polar surface area (TPSA) is 42.2 Å². The minimum Gasteiger partial charge on any atom is -0.456 e. The first-order chi connectivity index (χ1) is 7.65. The van der Waals surface area contributed by atoms with Gasteiger partial charge in [-0.15, -0.1) is 0 Å². The molecule has 1 N–H and O–H groups in total. The van der Waals surface area contributed by atoms with E-state index in [1.165, 1.54) is 18.2 Å². The van der Waals surface area contributed by atoms with Gasteiger partial charge in [0.05, 0.1) is 0 Å². The molecule has 16 heavy (non-hydrogen) atoms. The summed E-state index contributed by atoms with van der Waals surface area (Å²) in [6, 6.07) is 8.96. The number of amides is 1. The third-order valence-electron chi connectivity index (χ3n) is 2.05. The fourth-order valence-electron chi connectivity index (χ4n) is 1.32. The van der Waals surface area contributed by atoms with Crippen molar-refractivity contribution in [3.63, 3.8) is 0 Å². The molecule has 1 aromatic heterocycles. The zero-order valence-electron chi connectivity index (χ0n) is 8.66. The highest BCUT2D eigenvalue weighted by Crippen LogP contribution is 2.12. The zero-order valence-corrected chi connectivity index (χ0v) is 8.66. The van der Waals surface area contributed by atoms with Crippen LogP contribution in [0.25, 0.3) is 0 Å². The van der Waals surface area contributed by atoms with Gasteiger partial charge >= 0.3 is 0 Å². The first-order valence-corrected chi connectivity index (χ1v) is 4.78. The van der Waals surface area contributed by atoms with Gasteiger partial charge in [0.1, 0.15) is 11.6 Å². The van der Waals surface area contributed by atoms with E-state index >= 15 is 0 Å². The highest BCUT2D eigenvalue weighted by molar-refractivity contribution is 6.02. The van der Waals surface area contributed by atoms with E-state index < -0.39 is 11.7 Å². The van der Waals surface area contributed by atoms with Crippen LogP contribution in [0.4, 0.5) is 10.1 Å². The van der Waals surface area contributed by atoms with Gasteiger partial charge in [0.25, 0.3) is 5.91 Å². The average molecular weight is 219 g/mol. The Balaban J connectivity index is 2.13. The standard InChI is InChI=1S/C12H10FNO2/c1-8-5-6-11(16-8)12(15)14-10-4-2-3-9(13)7-10/h2-7H,1H3,(H,14,15). The number of anilines is 1. The van der Waals surface area contributed by atoms with E-state index in [1.54, 1.807) is 25.1 Å². The summed E-state index contributed by atoms with van der Waals surface area (Å²) < 4.78 is 18.0. The summed E-state index contributed by atoms with van der Waals surface area (Å²) in [6.07, 6.45) is 0. The van der Waals surface area contributed by atoms with E-state index in [0.717, 1.165) is 0 Å². The molecule has 2 aromatic rings. The van der Waals surface area contributed by atoms with Crippen LogP contribution in [0.5, 0.6) is 0 Å². The summed E-state index contributed by atoms with van der Waals surface area (Å²) in [6.45, 7) is 1.75. The van der Waals surface area contributed by atoms with E-state index in [0.29, 0.717) is 11.4 Å². The molecule has 0 bridgehead atoms. The van der Waals surface area contributed by atoms with Gasteiger partial charge in [0.2, 0.25) is 0 Å². The maximum Gasteiger partial charge on any atom is 0.291 e. The molecule has 1 heterocycles. The average Bonchev–Trinajstić information content (AvgIpc) is 2.65. The van der Waals surface area contributed by atoms with E-state index in [-0.39, 0.29) is 5.76 Å². The number of furan rings is 1. The van der Waals surface area contributed by atoms with Gasteiger partial charge < -0.3 is 9.73 Å². The molecule has 0 saturated heterocycles. The van der Waals surface area contributed by atoms with Gasteiger partial charge in [-0.2, -0.15) is 0 Å². The van der Waals surface area contributed by atoms with Crippen LogP contribution in [0.1, 0.15) is 16.3 Å². The van der Waals surface area contributed by atoms with Crippen LogP contribution >= 0.6 is 0 Å². The molecule has 0 aliphatic carbocycles. The normalized spacial score (nSPS) is 10.1. The smallest absolute Gasteiger partial charge is 0.291 e. The van der Waals surface area contributed by atoms with Crippen LogP contribution in [0.15, 0.2) is 40.8 Å². The van der Waals surface area contributed by atoms with Gasteiger partial charge in [-0.25, -0.2) is 4.39 Å². The van der Waals surface area contributed by atoms with Gasteiger partial charge in [-0.1, -0.05) is 6.07 Å². The fraction of sp³-hybridized carbons (Fsp3) is 0.0833. The van der Waals surface area contributed by atoms with Crippen LogP contribution in [0.2, 0.25) is 0 Å². The molecule has 0 spiro atoms. The molecule has 0 saturated carbocycles. The monoisotopic (exact) mass is 219 g/mol. The molecule has 2 rings (SSSR count). The largest absolute Gasteiger partial charge is 0.456 e. The molecule has 1 aromatic carbocycles. The summed E-state index contributed by atoms with van der Waals surface area (Å²) in [7, 11) is 0. The Morgan fingerprint density at radius 3 is 2.75 bits per heavy atom. The summed E-state index contributed by atoms with van der Waals surface area (Å²) in [4.78, 5) is 11.6. The van der Waals surface area contributed by atoms with Crippen LogP contribution < -0.4 is 5.32 Å². The van der Waals surface area contributed by atoms with E-state index in [4.69, 9.17) is 4.42 Å². The van der Waals surface area contributed by atoms with Crippen molar-refractivity contribution in [2.45, 2.75) is 6.92 Å². The quantitative estimate of drug-likeness (QED) is 0.843. The Kier molecular flexibility index (Phi) is 2.72. The maximum absolute atomic E-state index is 12.8. The Bertz CT molecular complexity index is 519. The van der Waals surface area contributed by atoms with Crippen molar-refractivity contribution in [2.24, 2.45) is 0 Å². The Morgan fingerprint density at radius 1 is 1.31 bits per heavy atom. The predicted molar refractivity (Wildman–Crippen MR) is 57.8 cm³/mol. The molecule has 82 valence electrons. The minimum absolute atomic E-state index is 0.210. The van der Waals surface area contributed by atoms with E-state index in [9.17, 15) is 9.18 Å². The van der Waals surface area contributed by atoms with Gasteiger partial charge in [-0.3, -0.25) is 4.79 Å². The molecular formula is C12H10FNO2. The number of hydrogen-bond acceptors (Lipinski definition) is 2. The van der Waals surface area contributed by atoms with Crippen LogP contribution in [0, 0.1) is 12.7 Å². The summed E-state index contributed by atoms with van der Waals surface area (Å²) in [5.74, 6) is 0.0817. The Morgan fingerprint density at radius 2 is 2.12 bits per heavy atom. The SMILES string of the molecule is Cc1ccc(C(=O)Nc2cccc(F)c2)o1. The molecule has 4 heteroatoms. The Hall–Kier alpha value is -2.10. The lowest BCUT2D eigenvalue weighted by Crippen LogP contribution is -2.10. The molecule has 0 radical (unpaired) electrons. The zero-order chi connectivity index (χ0) is 11.5. The molecular weight excluding hydrogens is 209 g/mol. The molecule has 0 fully saturated rings. The van der Waals surface area contributed by atoms with Crippen molar-refractivity contribution in [3.05, 3.63) is 53.7 Å². The number of hydrogen-bond donors (Lipinski definition) is 1. The summed E-state index contributed by atoms with van der Waals surface area (Å²) >= 11 is 0.